The maximum absolute atomic E-state index is 13.3. The van der Waals surface area contributed by atoms with Gasteiger partial charge in [0.05, 0.1) is 5.41 Å². The molecule has 0 aliphatic heterocycles. The van der Waals surface area contributed by atoms with Crippen LogP contribution in [-0.4, -0.2) is 27.3 Å². The number of pyridine rings is 2. The largest absolute Gasteiger partial charge is 0.345 e. The summed E-state index contributed by atoms with van der Waals surface area (Å²) in [7, 11) is 0. The van der Waals surface area contributed by atoms with Gasteiger partial charge < -0.3 is 10.6 Å². The minimum absolute atomic E-state index is 0.0526. The molecule has 0 aromatic carbocycles. The van der Waals surface area contributed by atoms with Crippen LogP contribution in [0.4, 0.5) is 5.82 Å². The topological polar surface area (TPSA) is 84.0 Å². The summed E-state index contributed by atoms with van der Waals surface area (Å²) in [6, 6.07) is 10.9. The first kappa shape index (κ1) is 17.3. The van der Waals surface area contributed by atoms with Crippen LogP contribution in [0.15, 0.2) is 48.8 Å². The van der Waals surface area contributed by atoms with Gasteiger partial charge in [-0.3, -0.25) is 14.6 Å². The van der Waals surface area contributed by atoms with Gasteiger partial charge in [0.1, 0.15) is 11.5 Å². The molecule has 4 aliphatic rings. The first-order valence-electron chi connectivity index (χ1n) is 10.0. The number of amides is 2. The lowest BCUT2D eigenvalue weighted by Gasteiger charge is -2.61. The van der Waals surface area contributed by atoms with E-state index in [9.17, 15) is 9.59 Å². The molecule has 2 amide bonds. The third-order valence-corrected chi connectivity index (χ3v) is 6.73. The van der Waals surface area contributed by atoms with E-state index < -0.39 is 5.41 Å². The number of nitrogens with zero attached hydrogens (tertiary/aromatic N) is 2. The molecule has 0 radical (unpaired) electrons. The highest BCUT2D eigenvalue weighted by atomic mass is 16.2. The van der Waals surface area contributed by atoms with Gasteiger partial charge in [-0.25, -0.2) is 4.98 Å². The fourth-order valence-electron chi connectivity index (χ4n) is 6.16. The Kier molecular flexibility index (Phi) is 3.96. The molecule has 2 atom stereocenters. The van der Waals surface area contributed by atoms with Crippen molar-refractivity contribution in [1.82, 2.24) is 15.3 Å². The summed E-state index contributed by atoms with van der Waals surface area (Å²) in [5.41, 5.74) is -0.288. The number of rotatable bonds is 4. The monoisotopic (exact) mass is 376 g/mol. The Bertz CT molecular complexity index is 885. The van der Waals surface area contributed by atoms with Crippen molar-refractivity contribution in [3.63, 3.8) is 0 Å². The lowest BCUT2D eigenvalue weighted by Crippen LogP contribution is -2.65. The van der Waals surface area contributed by atoms with Crippen LogP contribution in [0.2, 0.25) is 0 Å². The molecule has 0 spiro atoms. The zero-order chi connectivity index (χ0) is 19.2. The van der Waals surface area contributed by atoms with E-state index in [0.717, 1.165) is 25.7 Å². The van der Waals surface area contributed by atoms with E-state index in [2.05, 4.69) is 20.6 Å². The zero-order valence-corrected chi connectivity index (χ0v) is 15.7. The molecule has 2 N–H and O–H groups in total. The molecule has 4 fully saturated rings. The average molecular weight is 376 g/mol. The number of carbonyl (C=O) groups excluding carboxylic acids is 2. The molecule has 2 unspecified atom stereocenters. The lowest BCUT2D eigenvalue weighted by molar-refractivity contribution is -0.144. The van der Waals surface area contributed by atoms with Crippen molar-refractivity contribution in [2.75, 3.05) is 5.32 Å². The molecule has 2 aromatic heterocycles. The van der Waals surface area contributed by atoms with E-state index in [4.69, 9.17) is 0 Å². The highest BCUT2D eigenvalue weighted by Gasteiger charge is 2.61. The van der Waals surface area contributed by atoms with E-state index in [1.165, 1.54) is 6.42 Å². The quantitative estimate of drug-likeness (QED) is 0.858. The van der Waals surface area contributed by atoms with Crippen LogP contribution in [-0.2, 0) is 4.79 Å². The Morgan fingerprint density at radius 1 is 0.929 bits per heavy atom. The summed E-state index contributed by atoms with van der Waals surface area (Å²) in [6.45, 7) is 0. The van der Waals surface area contributed by atoms with Crippen molar-refractivity contribution in [3.05, 3.63) is 54.5 Å². The second-order valence-electron chi connectivity index (χ2n) is 8.86. The molecule has 28 heavy (non-hydrogen) atoms. The Morgan fingerprint density at radius 3 is 2.29 bits per heavy atom. The summed E-state index contributed by atoms with van der Waals surface area (Å²) in [5.74, 6) is 1.48. The van der Waals surface area contributed by atoms with E-state index in [-0.39, 0.29) is 17.4 Å². The first-order chi connectivity index (χ1) is 13.6. The number of hydrogen-bond acceptors (Lipinski definition) is 4. The molecular weight excluding hydrogens is 352 g/mol. The van der Waals surface area contributed by atoms with Crippen LogP contribution < -0.4 is 10.6 Å². The smallest absolute Gasteiger partial charge is 0.270 e. The highest BCUT2D eigenvalue weighted by Crippen LogP contribution is 2.61. The van der Waals surface area contributed by atoms with Gasteiger partial charge in [-0.05, 0) is 74.6 Å². The number of nitrogens with one attached hydrogen (secondary N) is 2. The summed E-state index contributed by atoms with van der Waals surface area (Å²) >= 11 is 0. The predicted molar refractivity (Wildman–Crippen MR) is 104 cm³/mol. The van der Waals surface area contributed by atoms with Crippen molar-refractivity contribution in [2.45, 2.75) is 44.1 Å². The van der Waals surface area contributed by atoms with Gasteiger partial charge in [0.2, 0.25) is 5.91 Å². The van der Waals surface area contributed by atoms with Crippen LogP contribution in [0.3, 0.4) is 0 Å². The Balaban J connectivity index is 1.39. The van der Waals surface area contributed by atoms with Crippen molar-refractivity contribution in [1.29, 1.82) is 0 Å². The van der Waals surface area contributed by atoms with Gasteiger partial charge in [-0.1, -0.05) is 12.1 Å². The minimum atomic E-state index is -0.418. The zero-order valence-electron chi connectivity index (χ0n) is 15.7. The number of aromatic nitrogens is 2. The van der Waals surface area contributed by atoms with E-state index in [1.807, 2.05) is 24.3 Å². The van der Waals surface area contributed by atoms with Crippen molar-refractivity contribution < 1.29 is 9.59 Å². The fraction of sp³-hybridized carbons (Fsp3) is 0.455. The first-order valence-corrected chi connectivity index (χ1v) is 10.0. The molecule has 6 heteroatoms. The van der Waals surface area contributed by atoms with E-state index in [0.29, 0.717) is 29.8 Å². The summed E-state index contributed by atoms with van der Waals surface area (Å²) in [6.07, 6.45) is 8.92. The van der Waals surface area contributed by atoms with E-state index in [1.54, 1.807) is 24.5 Å². The SMILES string of the molecule is O=C(NC12CC3CC(C1)CC(C(=O)Nc1ccccn1)(C3)C2)c1ccccn1. The van der Waals surface area contributed by atoms with Gasteiger partial charge in [-0.2, -0.15) is 0 Å². The van der Waals surface area contributed by atoms with Crippen LogP contribution in [0.1, 0.15) is 49.0 Å². The Hall–Kier alpha value is -2.76. The van der Waals surface area contributed by atoms with Crippen LogP contribution in [0, 0.1) is 17.3 Å². The minimum Gasteiger partial charge on any atom is -0.345 e. The van der Waals surface area contributed by atoms with Gasteiger partial charge in [0.25, 0.3) is 5.91 Å². The van der Waals surface area contributed by atoms with Crippen molar-refractivity contribution >= 4 is 17.6 Å². The molecule has 4 aliphatic carbocycles. The standard InChI is InChI=1S/C22H24N4O2/c27-19(17-5-1-3-7-23-17)26-22-12-15-9-16(13-22)11-21(10-15,14-22)20(28)25-18-6-2-4-8-24-18/h1-8,15-16H,9-14H2,(H,26,27)(H,24,25,28). The fourth-order valence-corrected chi connectivity index (χ4v) is 6.16. The van der Waals surface area contributed by atoms with Gasteiger partial charge in [-0.15, -0.1) is 0 Å². The maximum atomic E-state index is 13.3. The number of carbonyl (C=O) groups is 2. The third-order valence-electron chi connectivity index (χ3n) is 6.73. The number of hydrogen-bond donors (Lipinski definition) is 2. The van der Waals surface area contributed by atoms with Gasteiger partial charge in [0, 0.05) is 17.9 Å². The molecule has 6 nitrogen and oxygen atoms in total. The molecule has 144 valence electrons. The van der Waals surface area contributed by atoms with Crippen LogP contribution in [0.25, 0.3) is 0 Å². The second-order valence-corrected chi connectivity index (χ2v) is 8.86. The van der Waals surface area contributed by atoms with Gasteiger partial charge in [0.15, 0.2) is 0 Å². The molecule has 4 saturated carbocycles. The van der Waals surface area contributed by atoms with Gasteiger partial charge >= 0.3 is 0 Å². The Labute approximate surface area is 164 Å². The number of anilines is 1. The lowest BCUT2D eigenvalue weighted by atomic mass is 9.46. The van der Waals surface area contributed by atoms with Crippen molar-refractivity contribution in [2.24, 2.45) is 17.3 Å². The maximum Gasteiger partial charge on any atom is 0.270 e. The Morgan fingerprint density at radius 2 is 1.64 bits per heavy atom. The van der Waals surface area contributed by atoms with Crippen molar-refractivity contribution in [3.8, 4) is 0 Å². The molecule has 2 heterocycles. The van der Waals surface area contributed by atoms with Crippen LogP contribution >= 0.6 is 0 Å². The normalized spacial score (nSPS) is 32.7. The summed E-state index contributed by atoms with van der Waals surface area (Å²) in [4.78, 5) is 34.5. The summed E-state index contributed by atoms with van der Waals surface area (Å²) < 4.78 is 0. The molecule has 6 rings (SSSR count). The second kappa shape index (κ2) is 6.40. The summed E-state index contributed by atoms with van der Waals surface area (Å²) in [5, 5.41) is 6.31. The highest BCUT2D eigenvalue weighted by molar-refractivity contribution is 5.96. The predicted octanol–water partition coefficient (Wildman–Crippen LogP) is 3.18. The molecular formula is C22H24N4O2. The average Bonchev–Trinajstić information content (AvgIpc) is 2.68. The molecule has 4 bridgehead atoms. The molecule has 0 saturated heterocycles. The van der Waals surface area contributed by atoms with E-state index >= 15 is 0 Å². The third kappa shape index (κ3) is 2.97. The van der Waals surface area contributed by atoms with Crippen LogP contribution in [0.5, 0.6) is 0 Å². The molecule has 2 aromatic rings.